The number of hydrogen-bond donors (Lipinski definition) is 1. The van der Waals surface area contributed by atoms with Crippen molar-refractivity contribution in [3.05, 3.63) is 41.5 Å². The molecule has 14 heteroatoms. The number of cyclic esters (lactones) is 1. The minimum atomic E-state index is -1.41. The van der Waals surface area contributed by atoms with Gasteiger partial charge < -0.3 is 47.7 Å². The maximum absolute atomic E-state index is 13.3. The Kier molecular flexibility index (Phi) is 7.74. The lowest BCUT2D eigenvalue weighted by Gasteiger charge is -2.40. The number of rotatable bonds is 7. The molecule has 4 atom stereocenters. The molecule has 0 amide bonds. The van der Waals surface area contributed by atoms with Gasteiger partial charge >= 0.3 is 23.9 Å². The predicted octanol–water partition coefficient (Wildman–Crippen LogP) is 3.15. The van der Waals surface area contributed by atoms with Crippen molar-refractivity contribution in [2.24, 2.45) is 0 Å². The Labute approximate surface area is 255 Å². The van der Waals surface area contributed by atoms with Gasteiger partial charge in [0.25, 0.3) is 0 Å². The summed E-state index contributed by atoms with van der Waals surface area (Å²) in [6.45, 7) is 3.04. The van der Waals surface area contributed by atoms with Crippen molar-refractivity contribution in [1.82, 2.24) is 0 Å². The Bertz CT molecular complexity index is 1730. The Morgan fingerprint density at radius 3 is 2.27 bits per heavy atom. The van der Waals surface area contributed by atoms with Crippen molar-refractivity contribution < 1.29 is 66.9 Å². The SMILES string of the molecule is COc1cc2c(OC3OCC(OC(C)=O)C(OC(C)=O)C3OC(C)=O)c3c(c(-c4ccc5c(c4)OCO5)c2cc1O)C(=O)OC3. The van der Waals surface area contributed by atoms with Crippen LogP contribution < -0.4 is 18.9 Å². The van der Waals surface area contributed by atoms with Crippen LogP contribution in [0.25, 0.3) is 21.9 Å². The number of carbonyl (C=O) groups excluding carboxylic acids is 4. The first kappa shape index (κ1) is 29.8. The first-order chi connectivity index (χ1) is 21.5. The molecule has 1 saturated heterocycles. The van der Waals surface area contributed by atoms with Crippen LogP contribution in [0.15, 0.2) is 30.3 Å². The van der Waals surface area contributed by atoms with E-state index in [-0.39, 0.29) is 42.8 Å². The third-order valence-electron chi connectivity index (χ3n) is 7.41. The molecule has 0 aliphatic carbocycles. The highest BCUT2D eigenvalue weighted by molar-refractivity contribution is 6.14. The highest BCUT2D eigenvalue weighted by Crippen LogP contribution is 2.49. The number of aromatic hydroxyl groups is 1. The van der Waals surface area contributed by atoms with E-state index in [4.69, 9.17) is 42.6 Å². The predicted molar refractivity (Wildman–Crippen MR) is 150 cm³/mol. The minimum absolute atomic E-state index is 0.0436. The van der Waals surface area contributed by atoms with Crippen molar-refractivity contribution in [1.29, 1.82) is 0 Å². The van der Waals surface area contributed by atoms with Crippen molar-refractivity contribution in [2.75, 3.05) is 20.5 Å². The second-order valence-corrected chi connectivity index (χ2v) is 10.4. The van der Waals surface area contributed by atoms with Gasteiger partial charge in [0.1, 0.15) is 12.4 Å². The molecule has 1 N–H and O–H groups in total. The Balaban J connectivity index is 1.53. The number of benzene rings is 3. The molecule has 4 unspecified atom stereocenters. The number of carbonyl (C=O) groups is 4. The van der Waals surface area contributed by atoms with Gasteiger partial charge in [-0.2, -0.15) is 0 Å². The van der Waals surface area contributed by atoms with E-state index in [2.05, 4.69) is 0 Å². The molecule has 3 aromatic carbocycles. The lowest BCUT2D eigenvalue weighted by atomic mass is 9.89. The molecule has 236 valence electrons. The summed E-state index contributed by atoms with van der Waals surface area (Å²) in [4.78, 5) is 49.4. The molecule has 3 heterocycles. The second kappa shape index (κ2) is 11.7. The normalized spacial score (nSPS) is 21.5. The zero-order valence-electron chi connectivity index (χ0n) is 24.6. The summed E-state index contributed by atoms with van der Waals surface area (Å²) in [5.74, 6) is -1.81. The van der Waals surface area contributed by atoms with Gasteiger partial charge in [0.05, 0.1) is 19.3 Å². The van der Waals surface area contributed by atoms with Crippen molar-refractivity contribution in [3.63, 3.8) is 0 Å². The molecule has 1 fully saturated rings. The van der Waals surface area contributed by atoms with Gasteiger partial charge in [-0.15, -0.1) is 0 Å². The Morgan fingerprint density at radius 2 is 1.56 bits per heavy atom. The zero-order valence-corrected chi connectivity index (χ0v) is 24.6. The van der Waals surface area contributed by atoms with E-state index in [1.807, 2.05) is 0 Å². The van der Waals surface area contributed by atoms with E-state index in [0.29, 0.717) is 39.0 Å². The Hall–Kier alpha value is -5.24. The summed E-state index contributed by atoms with van der Waals surface area (Å²) in [6.07, 6.45) is -5.23. The topological polar surface area (TPSA) is 172 Å². The van der Waals surface area contributed by atoms with Crippen LogP contribution in [0.1, 0.15) is 36.7 Å². The van der Waals surface area contributed by atoms with Crippen LogP contribution in [0.5, 0.6) is 28.7 Å². The fraction of sp³-hybridized carbons (Fsp3) is 0.355. The van der Waals surface area contributed by atoms with Crippen molar-refractivity contribution in [2.45, 2.75) is 52.0 Å². The molecule has 14 nitrogen and oxygen atoms in total. The van der Waals surface area contributed by atoms with Crippen molar-refractivity contribution in [3.8, 4) is 39.9 Å². The van der Waals surface area contributed by atoms with E-state index in [9.17, 15) is 24.3 Å². The molecular weight excluding hydrogens is 596 g/mol. The van der Waals surface area contributed by atoms with Crippen LogP contribution in [0.4, 0.5) is 0 Å². The molecule has 6 rings (SSSR count). The number of ether oxygens (including phenoxy) is 9. The summed E-state index contributed by atoms with van der Waals surface area (Å²) in [5, 5.41) is 11.6. The van der Waals surface area contributed by atoms with Crippen LogP contribution in [0.3, 0.4) is 0 Å². The van der Waals surface area contributed by atoms with E-state index in [1.165, 1.54) is 26.2 Å². The molecule has 0 saturated carbocycles. The quantitative estimate of drug-likeness (QED) is 0.300. The van der Waals surface area contributed by atoms with Crippen LogP contribution in [0, 0.1) is 0 Å². The molecule has 3 aliphatic heterocycles. The van der Waals surface area contributed by atoms with Gasteiger partial charge in [-0.3, -0.25) is 14.4 Å². The standard InChI is InChI=1S/C31H28O14/c1-13(32)42-24-11-39-31(29(44-15(3)34)28(24)43-14(2)33)45-27-18-9-22(37-4)20(35)8-17(18)25(26-19(27)10-38-30(26)36)16-5-6-21-23(7-16)41-12-40-21/h5-9,24,28-29,31,35H,10-12H2,1-4H3. The maximum Gasteiger partial charge on any atom is 0.339 e. The molecule has 0 spiro atoms. The third-order valence-corrected chi connectivity index (χ3v) is 7.41. The monoisotopic (exact) mass is 624 g/mol. The third kappa shape index (κ3) is 5.48. The number of phenolic OH excluding ortho intramolecular Hbond substituents is 1. The summed E-state index contributed by atoms with van der Waals surface area (Å²) >= 11 is 0. The van der Waals surface area contributed by atoms with Gasteiger partial charge in [-0.05, 0) is 35.2 Å². The molecule has 0 radical (unpaired) electrons. The van der Waals surface area contributed by atoms with E-state index in [1.54, 1.807) is 18.2 Å². The van der Waals surface area contributed by atoms with Gasteiger partial charge in [0.15, 0.2) is 35.2 Å². The summed E-state index contributed by atoms with van der Waals surface area (Å²) < 4.78 is 50.4. The summed E-state index contributed by atoms with van der Waals surface area (Å²) in [6, 6.07) is 8.11. The van der Waals surface area contributed by atoms with Crippen LogP contribution in [-0.4, -0.2) is 74.1 Å². The zero-order chi connectivity index (χ0) is 32.0. The average Bonchev–Trinajstić information content (AvgIpc) is 3.61. The van der Waals surface area contributed by atoms with Gasteiger partial charge in [-0.1, -0.05) is 6.07 Å². The first-order valence-corrected chi connectivity index (χ1v) is 13.8. The summed E-state index contributed by atoms with van der Waals surface area (Å²) in [7, 11) is 1.38. The molecule has 0 aromatic heterocycles. The van der Waals surface area contributed by atoms with Gasteiger partial charge in [0.2, 0.25) is 19.2 Å². The molecule has 45 heavy (non-hydrogen) atoms. The molecule has 0 bridgehead atoms. The fourth-order valence-corrected chi connectivity index (χ4v) is 5.67. The Morgan fingerprint density at radius 1 is 0.844 bits per heavy atom. The molecular formula is C31H28O14. The van der Waals surface area contributed by atoms with E-state index in [0.717, 1.165) is 13.8 Å². The van der Waals surface area contributed by atoms with Crippen molar-refractivity contribution >= 4 is 34.6 Å². The maximum atomic E-state index is 13.3. The van der Waals surface area contributed by atoms with E-state index >= 15 is 0 Å². The van der Waals surface area contributed by atoms with Crippen LogP contribution >= 0.6 is 0 Å². The number of phenols is 1. The van der Waals surface area contributed by atoms with Gasteiger partial charge in [0, 0.05) is 37.3 Å². The number of methoxy groups -OCH3 is 1. The second-order valence-electron chi connectivity index (χ2n) is 10.4. The highest BCUT2D eigenvalue weighted by Gasteiger charge is 2.49. The lowest BCUT2D eigenvalue weighted by Crippen LogP contribution is -2.59. The minimum Gasteiger partial charge on any atom is -0.504 e. The summed E-state index contributed by atoms with van der Waals surface area (Å²) in [5.41, 5.74) is 1.50. The molecule has 3 aromatic rings. The van der Waals surface area contributed by atoms with Crippen LogP contribution in [0.2, 0.25) is 0 Å². The van der Waals surface area contributed by atoms with E-state index < -0.39 is 48.5 Å². The molecule has 3 aliphatic rings. The largest absolute Gasteiger partial charge is 0.504 e. The van der Waals surface area contributed by atoms with Crippen LogP contribution in [-0.2, 0) is 44.7 Å². The smallest absolute Gasteiger partial charge is 0.339 e. The average molecular weight is 625 g/mol. The number of hydrogen-bond acceptors (Lipinski definition) is 14. The lowest BCUT2D eigenvalue weighted by molar-refractivity contribution is -0.259. The van der Waals surface area contributed by atoms with Gasteiger partial charge in [-0.25, -0.2) is 4.79 Å². The highest BCUT2D eigenvalue weighted by atomic mass is 16.7. The number of fused-ring (bicyclic) bond motifs is 3. The first-order valence-electron chi connectivity index (χ1n) is 13.8. The number of esters is 4. The fourth-order valence-electron chi connectivity index (χ4n) is 5.67.